The third-order valence-electron chi connectivity index (χ3n) is 4.60. The molecule has 2 aromatic carbocycles. The number of aromatic nitrogens is 1. The SMILES string of the molecule is CC/C(O)=C/C(=O)CC(C)C.Cc1cc(C)cc(-c2ccnc(-c3[c-]cccc3)c2)c1.[Ir]. The summed E-state index contributed by atoms with van der Waals surface area (Å²) in [6, 6.07) is 21.9. The molecule has 3 rings (SSSR count). The monoisotopic (exact) mass is 607 g/mol. The molecule has 32 heavy (non-hydrogen) atoms. The second-order valence-corrected chi connectivity index (χ2v) is 8.14. The minimum atomic E-state index is 0. The van der Waals surface area contributed by atoms with Gasteiger partial charge in [0, 0.05) is 45.2 Å². The fraction of sp³-hybridized carbons (Fsp3) is 0.286. The molecule has 4 heteroatoms. The Bertz CT molecular complexity index is 1010. The van der Waals surface area contributed by atoms with Gasteiger partial charge in [0.1, 0.15) is 0 Å². The van der Waals surface area contributed by atoms with Gasteiger partial charge in [-0.2, -0.15) is 0 Å². The molecule has 0 aliphatic heterocycles. The van der Waals surface area contributed by atoms with E-state index in [-0.39, 0.29) is 31.6 Å². The number of carbonyl (C=O) groups excluding carboxylic acids is 1. The van der Waals surface area contributed by atoms with E-state index < -0.39 is 0 Å². The zero-order valence-corrected chi connectivity index (χ0v) is 21.9. The average molecular weight is 607 g/mol. The molecule has 0 bridgehead atoms. The number of aliphatic hydroxyl groups excluding tert-OH is 1. The Labute approximate surface area is 206 Å². The molecule has 0 atom stereocenters. The van der Waals surface area contributed by atoms with Crippen LogP contribution in [0, 0.1) is 25.8 Å². The number of aryl methyl sites for hydroxylation is 2. The minimum Gasteiger partial charge on any atom is -0.512 e. The maximum Gasteiger partial charge on any atom is 0.159 e. The van der Waals surface area contributed by atoms with Gasteiger partial charge in [0.05, 0.1) is 5.76 Å². The van der Waals surface area contributed by atoms with Crippen LogP contribution in [0.4, 0.5) is 0 Å². The summed E-state index contributed by atoms with van der Waals surface area (Å²) in [5.74, 6) is 0.554. The van der Waals surface area contributed by atoms with Crippen LogP contribution in [0.1, 0.15) is 44.7 Å². The summed E-state index contributed by atoms with van der Waals surface area (Å²) in [6.07, 6.45) is 4.23. The largest absolute Gasteiger partial charge is 0.512 e. The van der Waals surface area contributed by atoms with E-state index in [1.165, 1.54) is 28.3 Å². The second-order valence-electron chi connectivity index (χ2n) is 8.14. The van der Waals surface area contributed by atoms with Gasteiger partial charge < -0.3 is 10.1 Å². The summed E-state index contributed by atoms with van der Waals surface area (Å²) < 4.78 is 0. The second kappa shape index (κ2) is 13.8. The third kappa shape index (κ3) is 9.30. The van der Waals surface area contributed by atoms with E-state index >= 15 is 0 Å². The van der Waals surface area contributed by atoms with Crippen LogP contribution in [-0.4, -0.2) is 15.9 Å². The molecule has 3 aromatic rings. The van der Waals surface area contributed by atoms with Gasteiger partial charge in [-0.3, -0.25) is 4.79 Å². The van der Waals surface area contributed by atoms with Crippen molar-refractivity contribution in [2.24, 2.45) is 5.92 Å². The number of nitrogens with zero attached hydrogens (tertiary/aromatic N) is 1. The van der Waals surface area contributed by atoms with E-state index in [1.807, 2.05) is 51.2 Å². The van der Waals surface area contributed by atoms with E-state index in [4.69, 9.17) is 5.11 Å². The molecule has 1 heterocycles. The van der Waals surface area contributed by atoms with Crippen molar-refractivity contribution in [3.63, 3.8) is 0 Å². The topological polar surface area (TPSA) is 50.2 Å². The predicted molar refractivity (Wildman–Crippen MR) is 129 cm³/mol. The van der Waals surface area contributed by atoms with Crippen molar-refractivity contribution in [2.75, 3.05) is 0 Å². The molecule has 0 amide bonds. The Morgan fingerprint density at radius 2 is 1.75 bits per heavy atom. The Morgan fingerprint density at radius 1 is 1.06 bits per heavy atom. The fourth-order valence-electron chi connectivity index (χ4n) is 3.20. The Hall–Kier alpha value is -2.55. The van der Waals surface area contributed by atoms with Gasteiger partial charge in [-0.05, 0) is 42.7 Å². The summed E-state index contributed by atoms with van der Waals surface area (Å²) in [6.45, 7) is 10.0. The van der Waals surface area contributed by atoms with Crippen LogP contribution in [-0.2, 0) is 24.9 Å². The number of carbonyl (C=O) groups is 1. The molecule has 0 unspecified atom stereocenters. The van der Waals surface area contributed by atoms with Crippen molar-refractivity contribution in [3.8, 4) is 22.4 Å². The van der Waals surface area contributed by atoms with Crippen molar-refractivity contribution in [1.82, 2.24) is 4.98 Å². The van der Waals surface area contributed by atoms with Crippen molar-refractivity contribution < 1.29 is 30.0 Å². The van der Waals surface area contributed by atoms with Gasteiger partial charge in [0.2, 0.25) is 0 Å². The van der Waals surface area contributed by atoms with Crippen molar-refractivity contribution >= 4 is 5.78 Å². The molecule has 1 aromatic heterocycles. The number of benzene rings is 2. The summed E-state index contributed by atoms with van der Waals surface area (Å²) in [5.41, 5.74) is 6.98. The molecule has 0 aliphatic rings. The van der Waals surface area contributed by atoms with Crippen molar-refractivity contribution in [1.29, 1.82) is 0 Å². The van der Waals surface area contributed by atoms with Crippen LogP contribution in [0.3, 0.4) is 0 Å². The molecule has 171 valence electrons. The first-order valence-corrected chi connectivity index (χ1v) is 10.7. The summed E-state index contributed by atoms with van der Waals surface area (Å²) in [5, 5.41) is 8.98. The first kappa shape index (κ1) is 27.5. The molecule has 0 aliphatic carbocycles. The molecule has 3 nitrogen and oxygen atoms in total. The number of pyridine rings is 1. The van der Waals surface area contributed by atoms with Crippen LogP contribution >= 0.6 is 0 Å². The predicted octanol–water partition coefficient (Wildman–Crippen LogP) is 7.28. The van der Waals surface area contributed by atoms with E-state index in [2.05, 4.69) is 55.2 Å². The third-order valence-corrected chi connectivity index (χ3v) is 4.60. The normalized spacial score (nSPS) is 10.8. The number of hydrogen-bond donors (Lipinski definition) is 1. The number of allylic oxidation sites excluding steroid dienone is 2. The first-order valence-electron chi connectivity index (χ1n) is 10.7. The molecule has 0 fully saturated rings. The molecule has 1 N–H and O–H groups in total. The number of ketones is 1. The van der Waals surface area contributed by atoms with Gasteiger partial charge in [-0.1, -0.05) is 56.2 Å². The van der Waals surface area contributed by atoms with E-state index in [1.54, 1.807) is 0 Å². The first-order chi connectivity index (χ1) is 14.8. The minimum absolute atomic E-state index is 0. The van der Waals surface area contributed by atoms with Crippen molar-refractivity contribution in [3.05, 3.63) is 89.8 Å². The molecule has 1 radical (unpaired) electrons. The maximum absolute atomic E-state index is 11.0. The van der Waals surface area contributed by atoms with E-state index in [0.29, 0.717) is 18.8 Å². The molecular weight excluding hydrogens is 575 g/mol. The number of hydrogen-bond acceptors (Lipinski definition) is 3. The van der Waals surface area contributed by atoms with Gasteiger partial charge in [-0.25, -0.2) is 0 Å². The van der Waals surface area contributed by atoms with Gasteiger partial charge in [0.25, 0.3) is 0 Å². The summed E-state index contributed by atoms with van der Waals surface area (Å²) in [4.78, 5) is 15.4. The van der Waals surface area contributed by atoms with Crippen LogP contribution < -0.4 is 0 Å². The molecule has 0 saturated carbocycles. The molecular formula is C28H32IrNO2-. The van der Waals surface area contributed by atoms with Crippen LogP contribution in [0.2, 0.25) is 0 Å². The van der Waals surface area contributed by atoms with Crippen molar-refractivity contribution in [2.45, 2.75) is 47.5 Å². The fourth-order valence-corrected chi connectivity index (χ4v) is 3.20. The molecule has 0 saturated heterocycles. The van der Waals surface area contributed by atoms with Crippen LogP contribution in [0.15, 0.2) is 72.6 Å². The maximum atomic E-state index is 11.0. The Morgan fingerprint density at radius 3 is 2.31 bits per heavy atom. The van der Waals surface area contributed by atoms with E-state index in [9.17, 15) is 4.79 Å². The zero-order valence-electron chi connectivity index (χ0n) is 19.5. The van der Waals surface area contributed by atoms with Gasteiger partial charge in [-0.15, -0.1) is 35.9 Å². The molecule has 0 spiro atoms. The quantitative estimate of drug-likeness (QED) is 0.182. The summed E-state index contributed by atoms with van der Waals surface area (Å²) >= 11 is 0. The average Bonchev–Trinajstić information content (AvgIpc) is 2.73. The van der Waals surface area contributed by atoms with E-state index in [0.717, 1.165) is 11.3 Å². The standard InChI is InChI=1S/C19H16N.C9H16O2.Ir/c1-14-10-15(2)12-18(11-14)17-8-9-20-19(13-17)16-6-4-3-5-7-16;1-4-8(10)6-9(11)5-7(2)3;/h3-6,8-13H,1-2H3;6-7,10H,4-5H2,1-3H3;/q-1;;/b;8-6-;. The Kier molecular flexibility index (Phi) is 11.8. The number of rotatable bonds is 6. The van der Waals surface area contributed by atoms with Crippen LogP contribution in [0.5, 0.6) is 0 Å². The smallest absolute Gasteiger partial charge is 0.159 e. The zero-order chi connectivity index (χ0) is 22.8. The Balaban J connectivity index is 0.000000370. The van der Waals surface area contributed by atoms with Gasteiger partial charge in [0.15, 0.2) is 5.78 Å². The van der Waals surface area contributed by atoms with Crippen LogP contribution in [0.25, 0.3) is 22.4 Å². The van der Waals surface area contributed by atoms with Gasteiger partial charge >= 0.3 is 0 Å². The summed E-state index contributed by atoms with van der Waals surface area (Å²) in [7, 11) is 0. The number of aliphatic hydroxyl groups is 1.